The minimum Gasteiger partial charge on any atom is -0.450 e. The molecule has 1 aliphatic carbocycles. The van der Waals surface area contributed by atoms with Gasteiger partial charge in [0.15, 0.2) is 0 Å². The zero-order valence-corrected chi connectivity index (χ0v) is 12.8. The van der Waals surface area contributed by atoms with E-state index in [0.29, 0.717) is 13.2 Å². The van der Waals surface area contributed by atoms with Gasteiger partial charge in [-0.1, -0.05) is 20.3 Å². The van der Waals surface area contributed by atoms with E-state index in [1.807, 2.05) is 11.8 Å². The summed E-state index contributed by atoms with van der Waals surface area (Å²) in [6.45, 7) is 7.90. The second-order valence-electron chi connectivity index (χ2n) is 5.63. The van der Waals surface area contributed by atoms with E-state index in [4.69, 9.17) is 10.5 Å². The highest BCUT2D eigenvalue weighted by Gasteiger charge is 2.41. The highest BCUT2D eigenvalue weighted by molar-refractivity contribution is 5.68. The lowest BCUT2D eigenvalue weighted by Gasteiger charge is -2.46. The van der Waals surface area contributed by atoms with Crippen molar-refractivity contribution in [2.24, 2.45) is 11.7 Å². The fourth-order valence-electron chi connectivity index (χ4n) is 3.15. The first-order valence-electron chi connectivity index (χ1n) is 7.78. The van der Waals surface area contributed by atoms with Crippen molar-refractivity contribution in [2.45, 2.75) is 64.8 Å². The summed E-state index contributed by atoms with van der Waals surface area (Å²) in [6.07, 6.45) is 6.36. The molecule has 1 saturated carbocycles. The molecule has 1 amide bonds. The molecule has 4 nitrogen and oxygen atoms in total. The zero-order chi connectivity index (χ0) is 14.3. The lowest BCUT2D eigenvalue weighted by Crippen LogP contribution is -2.58. The number of nitrogens with zero attached hydrogens (tertiary/aromatic N) is 1. The number of carbonyl (C=O) groups is 1. The summed E-state index contributed by atoms with van der Waals surface area (Å²) >= 11 is 0. The highest BCUT2D eigenvalue weighted by atomic mass is 16.6. The molecule has 0 aromatic carbocycles. The van der Waals surface area contributed by atoms with Gasteiger partial charge in [0.25, 0.3) is 0 Å². The average molecular weight is 270 g/mol. The van der Waals surface area contributed by atoms with E-state index in [0.717, 1.165) is 31.7 Å². The van der Waals surface area contributed by atoms with Gasteiger partial charge >= 0.3 is 6.09 Å². The first-order chi connectivity index (χ1) is 9.13. The molecule has 0 aromatic heterocycles. The van der Waals surface area contributed by atoms with Gasteiger partial charge in [0, 0.05) is 13.1 Å². The quantitative estimate of drug-likeness (QED) is 0.806. The molecular formula is C15H30N2O2. The van der Waals surface area contributed by atoms with E-state index >= 15 is 0 Å². The molecule has 2 N–H and O–H groups in total. The van der Waals surface area contributed by atoms with Crippen LogP contribution in [0.25, 0.3) is 0 Å². The third kappa shape index (κ3) is 3.85. The summed E-state index contributed by atoms with van der Waals surface area (Å²) < 4.78 is 5.22. The van der Waals surface area contributed by atoms with Gasteiger partial charge in [-0.05, 0) is 44.9 Å². The molecule has 0 saturated heterocycles. The van der Waals surface area contributed by atoms with Gasteiger partial charge in [-0.3, -0.25) is 0 Å². The molecule has 0 heterocycles. The molecule has 0 aliphatic heterocycles. The third-order valence-electron chi connectivity index (χ3n) is 4.50. The molecule has 19 heavy (non-hydrogen) atoms. The molecule has 0 unspecified atom stereocenters. The molecular weight excluding hydrogens is 240 g/mol. The standard InChI is InChI=1S/C15H30N2O2/c1-4-11-17(14(18)19-6-3)15(12-16)9-7-13(5-2)8-10-15/h13H,4-12,16H2,1-3H3. The van der Waals surface area contributed by atoms with Crippen LogP contribution in [0.15, 0.2) is 0 Å². The summed E-state index contributed by atoms with van der Waals surface area (Å²) in [7, 11) is 0. The monoisotopic (exact) mass is 270 g/mol. The van der Waals surface area contributed by atoms with Crippen molar-refractivity contribution in [3.8, 4) is 0 Å². The SMILES string of the molecule is CCCN(C(=O)OCC)C1(CN)CCC(CC)CC1. The van der Waals surface area contributed by atoms with Crippen LogP contribution in [-0.4, -0.2) is 36.2 Å². The number of nitrogens with two attached hydrogens (primary N) is 1. The maximum atomic E-state index is 12.2. The predicted octanol–water partition coefficient (Wildman–Crippen LogP) is 3.15. The van der Waals surface area contributed by atoms with Crippen molar-refractivity contribution >= 4 is 6.09 Å². The average Bonchev–Trinajstić information content (AvgIpc) is 2.45. The summed E-state index contributed by atoms with van der Waals surface area (Å²) in [4.78, 5) is 14.1. The van der Waals surface area contributed by atoms with Crippen molar-refractivity contribution in [3.63, 3.8) is 0 Å². The maximum Gasteiger partial charge on any atom is 0.410 e. The number of ether oxygens (including phenoxy) is 1. The van der Waals surface area contributed by atoms with Crippen LogP contribution in [0.2, 0.25) is 0 Å². The molecule has 0 spiro atoms. The van der Waals surface area contributed by atoms with Gasteiger partial charge in [0.1, 0.15) is 0 Å². The Balaban J connectivity index is 2.80. The van der Waals surface area contributed by atoms with Crippen LogP contribution in [-0.2, 0) is 4.74 Å². The minimum atomic E-state index is -0.190. The predicted molar refractivity (Wildman–Crippen MR) is 78.1 cm³/mol. The lowest BCUT2D eigenvalue weighted by molar-refractivity contribution is 0.0268. The smallest absolute Gasteiger partial charge is 0.410 e. The number of amides is 1. The van der Waals surface area contributed by atoms with E-state index < -0.39 is 0 Å². The summed E-state index contributed by atoms with van der Waals surface area (Å²) in [5.74, 6) is 0.797. The van der Waals surface area contributed by atoms with E-state index in [-0.39, 0.29) is 11.6 Å². The van der Waals surface area contributed by atoms with Crippen LogP contribution < -0.4 is 5.73 Å². The first-order valence-corrected chi connectivity index (χ1v) is 7.78. The van der Waals surface area contributed by atoms with Crippen molar-refractivity contribution in [3.05, 3.63) is 0 Å². The van der Waals surface area contributed by atoms with E-state index in [2.05, 4.69) is 13.8 Å². The zero-order valence-electron chi connectivity index (χ0n) is 12.8. The van der Waals surface area contributed by atoms with Crippen LogP contribution in [0.3, 0.4) is 0 Å². The van der Waals surface area contributed by atoms with Gasteiger partial charge in [-0.2, -0.15) is 0 Å². The van der Waals surface area contributed by atoms with Gasteiger partial charge in [-0.25, -0.2) is 4.79 Å². The fourth-order valence-corrected chi connectivity index (χ4v) is 3.15. The molecule has 112 valence electrons. The van der Waals surface area contributed by atoms with Crippen molar-refractivity contribution in [1.82, 2.24) is 4.90 Å². The maximum absolute atomic E-state index is 12.2. The third-order valence-corrected chi connectivity index (χ3v) is 4.50. The van der Waals surface area contributed by atoms with E-state index in [1.54, 1.807) is 0 Å². The molecule has 1 fully saturated rings. The van der Waals surface area contributed by atoms with Gasteiger partial charge < -0.3 is 15.4 Å². The fraction of sp³-hybridized carbons (Fsp3) is 0.933. The number of carbonyl (C=O) groups excluding carboxylic acids is 1. The second-order valence-corrected chi connectivity index (χ2v) is 5.63. The van der Waals surface area contributed by atoms with Crippen molar-refractivity contribution in [1.29, 1.82) is 0 Å². The Hall–Kier alpha value is -0.770. The summed E-state index contributed by atoms with van der Waals surface area (Å²) in [5.41, 5.74) is 5.87. The van der Waals surface area contributed by atoms with Crippen molar-refractivity contribution in [2.75, 3.05) is 19.7 Å². The Kier molecular flexibility index (Phi) is 6.63. The lowest BCUT2D eigenvalue weighted by atomic mass is 9.74. The molecule has 0 aromatic rings. The summed E-state index contributed by atoms with van der Waals surface area (Å²) in [5, 5.41) is 0. The number of hydrogen-bond donors (Lipinski definition) is 1. The Labute approximate surface area is 117 Å². The summed E-state index contributed by atoms with van der Waals surface area (Å²) in [6, 6.07) is 0. The molecule has 0 radical (unpaired) electrons. The largest absolute Gasteiger partial charge is 0.450 e. The second kappa shape index (κ2) is 7.73. The van der Waals surface area contributed by atoms with E-state index in [1.165, 1.54) is 19.3 Å². The Morgan fingerprint density at radius 1 is 1.32 bits per heavy atom. The molecule has 0 atom stereocenters. The topological polar surface area (TPSA) is 55.6 Å². The van der Waals surface area contributed by atoms with Crippen molar-refractivity contribution < 1.29 is 9.53 Å². The first kappa shape index (κ1) is 16.3. The number of rotatable bonds is 6. The highest BCUT2D eigenvalue weighted by Crippen LogP contribution is 2.37. The normalized spacial score (nSPS) is 27.1. The van der Waals surface area contributed by atoms with Crippen LogP contribution >= 0.6 is 0 Å². The molecule has 0 bridgehead atoms. The van der Waals surface area contributed by atoms with Gasteiger partial charge in [-0.15, -0.1) is 0 Å². The number of hydrogen-bond acceptors (Lipinski definition) is 3. The minimum absolute atomic E-state index is 0.173. The van der Waals surface area contributed by atoms with E-state index in [9.17, 15) is 4.79 Å². The Morgan fingerprint density at radius 3 is 2.37 bits per heavy atom. The Morgan fingerprint density at radius 2 is 1.95 bits per heavy atom. The molecule has 4 heteroatoms. The molecule has 1 rings (SSSR count). The van der Waals surface area contributed by atoms with Gasteiger partial charge in [0.05, 0.1) is 12.1 Å². The van der Waals surface area contributed by atoms with Crippen LogP contribution in [0, 0.1) is 5.92 Å². The Bertz CT molecular complexity index is 273. The molecule has 1 aliphatic rings. The van der Waals surface area contributed by atoms with Crippen LogP contribution in [0.4, 0.5) is 4.79 Å². The van der Waals surface area contributed by atoms with Gasteiger partial charge in [0.2, 0.25) is 0 Å². The van der Waals surface area contributed by atoms with Crippen LogP contribution in [0.1, 0.15) is 59.3 Å². The van der Waals surface area contributed by atoms with Crippen LogP contribution in [0.5, 0.6) is 0 Å².